The van der Waals surface area contributed by atoms with Crippen LogP contribution in [0.1, 0.15) is 18.4 Å². The monoisotopic (exact) mass is 382 g/mol. The highest BCUT2D eigenvalue weighted by atomic mass is 79.9. The molecule has 2 aliphatic rings. The number of aromatic nitrogens is 1. The summed E-state index contributed by atoms with van der Waals surface area (Å²) < 4.78 is 5.87. The molecule has 23 heavy (non-hydrogen) atoms. The molecule has 126 valence electrons. The van der Waals surface area contributed by atoms with Crippen LogP contribution in [-0.4, -0.2) is 55.6 Å². The third-order valence-electron chi connectivity index (χ3n) is 4.64. The first-order valence-corrected chi connectivity index (χ1v) is 8.59. The summed E-state index contributed by atoms with van der Waals surface area (Å²) >= 11 is 3.35. The number of hydrogen-bond donors (Lipinski definition) is 2. The number of carbonyl (C=O) groups excluding carboxylic acids is 1. The van der Waals surface area contributed by atoms with Crippen molar-refractivity contribution in [3.63, 3.8) is 0 Å². The summed E-state index contributed by atoms with van der Waals surface area (Å²) in [4.78, 5) is 19.2. The van der Waals surface area contributed by atoms with Crippen LogP contribution in [0.3, 0.4) is 0 Å². The van der Waals surface area contributed by atoms with E-state index in [1.165, 1.54) is 6.42 Å². The lowest BCUT2D eigenvalue weighted by atomic mass is 9.99. The molecule has 2 N–H and O–H groups in total. The second-order valence-corrected chi connectivity index (χ2v) is 7.66. The second-order valence-electron chi connectivity index (χ2n) is 6.84. The molecule has 1 aromatic heterocycles. The van der Waals surface area contributed by atoms with E-state index < -0.39 is 0 Å². The van der Waals surface area contributed by atoms with Crippen LogP contribution in [-0.2, 0) is 16.1 Å². The number of nitrogens with one attached hydrogen (secondary N) is 2. The third kappa shape index (κ3) is 3.57. The van der Waals surface area contributed by atoms with Gasteiger partial charge in [-0.1, -0.05) is 6.07 Å². The summed E-state index contributed by atoms with van der Waals surface area (Å²) in [5, 5.41) is 6.40. The molecule has 0 aromatic carbocycles. The molecule has 0 radical (unpaired) electrons. The standard InChI is InChI=1S/C16H23BrN4O2/c1-21(2)9-16-6-11(18-12(16)7-16)15(22)20-14-10(8-23-3)4-5-13(17)19-14/h4-5,11-12,18H,6-9H2,1-3H3,(H,19,20,22)/t11-,12+,16-/m0/s1. The average Bonchev–Trinajstić information content (AvgIpc) is 3.00. The Hall–Kier alpha value is -1.02. The molecule has 0 spiro atoms. The summed E-state index contributed by atoms with van der Waals surface area (Å²) in [6.07, 6.45) is 2.05. The molecular formula is C16H23BrN4O2. The van der Waals surface area contributed by atoms with Gasteiger partial charge in [0.05, 0.1) is 12.6 Å². The van der Waals surface area contributed by atoms with E-state index in [9.17, 15) is 4.79 Å². The maximum absolute atomic E-state index is 12.6. The van der Waals surface area contributed by atoms with Crippen molar-refractivity contribution in [1.82, 2.24) is 15.2 Å². The molecule has 3 rings (SSSR count). The van der Waals surface area contributed by atoms with Gasteiger partial charge < -0.3 is 20.3 Å². The molecule has 1 aromatic rings. The normalized spacial score (nSPS) is 28.7. The fourth-order valence-electron chi connectivity index (χ4n) is 3.60. The first-order valence-electron chi connectivity index (χ1n) is 7.79. The van der Waals surface area contributed by atoms with Gasteiger partial charge in [-0.05, 0) is 48.9 Å². The fourth-order valence-corrected chi connectivity index (χ4v) is 3.91. The van der Waals surface area contributed by atoms with Crippen molar-refractivity contribution in [2.45, 2.75) is 31.5 Å². The Bertz CT molecular complexity index is 610. The van der Waals surface area contributed by atoms with E-state index in [1.54, 1.807) is 7.11 Å². The van der Waals surface area contributed by atoms with E-state index in [1.807, 2.05) is 12.1 Å². The first-order chi connectivity index (χ1) is 10.9. The van der Waals surface area contributed by atoms with E-state index in [0.717, 1.165) is 18.5 Å². The predicted molar refractivity (Wildman–Crippen MR) is 92.2 cm³/mol. The number of fused-ring (bicyclic) bond motifs is 1. The van der Waals surface area contributed by atoms with Gasteiger partial charge in [0.2, 0.25) is 5.91 Å². The number of ether oxygens (including phenoxy) is 1. The zero-order chi connectivity index (χ0) is 16.6. The molecule has 0 unspecified atom stereocenters. The maximum Gasteiger partial charge on any atom is 0.242 e. The highest BCUT2D eigenvalue weighted by molar-refractivity contribution is 9.10. The summed E-state index contributed by atoms with van der Waals surface area (Å²) in [5.41, 5.74) is 1.14. The summed E-state index contributed by atoms with van der Waals surface area (Å²) in [5.74, 6) is 0.550. The van der Waals surface area contributed by atoms with Gasteiger partial charge in [0.15, 0.2) is 0 Å². The SMILES string of the molecule is COCc1ccc(Br)nc1NC(=O)[C@@H]1C[C@@]2(CN(C)C)C[C@H]2N1. The molecule has 3 atom stereocenters. The Labute approximate surface area is 145 Å². The zero-order valence-electron chi connectivity index (χ0n) is 13.7. The van der Waals surface area contributed by atoms with E-state index >= 15 is 0 Å². The van der Waals surface area contributed by atoms with Crippen LogP contribution in [0.15, 0.2) is 16.7 Å². The molecule has 1 saturated heterocycles. The molecular weight excluding hydrogens is 360 g/mol. The highest BCUT2D eigenvalue weighted by Gasteiger charge is 2.61. The molecule has 2 fully saturated rings. The minimum Gasteiger partial charge on any atom is -0.380 e. The van der Waals surface area contributed by atoms with Gasteiger partial charge in [-0.3, -0.25) is 4.79 Å². The lowest BCUT2D eigenvalue weighted by Gasteiger charge is -2.19. The van der Waals surface area contributed by atoms with Crippen molar-refractivity contribution >= 4 is 27.7 Å². The van der Waals surface area contributed by atoms with Crippen molar-refractivity contribution in [2.75, 3.05) is 33.1 Å². The topological polar surface area (TPSA) is 66.5 Å². The predicted octanol–water partition coefficient (Wildman–Crippen LogP) is 1.61. The third-order valence-corrected chi connectivity index (χ3v) is 5.08. The molecule has 1 amide bonds. The molecule has 1 aliphatic carbocycles. The Morgan fingerprint density at radius 2 is 2.30 bits per heavy atom. The first kappa shape index (κ1) is 16.8. The Kier molecular flexibility index (Phi) is 4.73. The van der Waals surface area contributed by atoms with Crippen molar-refractivity contribution in [3.8, 4) is 0 Å². The number of amides is 1. The maximum atomic E-state index is 12.6. The van der Waals surface area contributed by atoms with Crippen molar-refractivity contribution in [2.24, 2.45) is 5.41 Å². The fraction of sp³-hybridized carbons (Fsp3) is 0.625. The minimum atomic E-state index is -0.148. The molecule has 7 heteroatoms. The largest absolute Gasteiger partial charge is 0.380 e. The van der Waals surface area contributed by atoms with Crippen LogP contribution >= 0.6 is 15.9 Å². The van der Waals surface area contributed by atoms with E-state index in [-0.39, 0.29) is 17.4 Å². The van der Waals surface area contributed by atoms with Crippen molar-refractivity contribution in [1.29, 1.82) is 0 Å². The van der Waals surface area contributed by atoms with Crippen LogP contribution < -0.4 is 10.6 Å². The van der Waals surface area contributed by atoms with E-state index in [2.05, 4.69) is 50.5 Å². The number of methoxy groups -OCH3 is 1. The molecule has 1 aliphatic heterocycles. The lowest BCUT2D eigenvalue weighted by molar-refractivity contribution is -0.118. The van der Waals surface area contributed by atoms with Gasteiger partial charge in [0, 0.05) is 30.7 Å². The van der Waals surface area contributed by atoms with Crippen molar-refractivity contribution < 1.29 is 9.53 Å². The number of pyridine rings is 1. The van der Waals surface area contributed by atoms with Gasteiger partial charge in [-0.25, -0.2) is 4.98 Å². The Balaban J connectivity index is 1.66. The van der Waals surface area contributed by atoms with Crippen LogP contribution in [0.2, 0.25) is 0 Å². The number of rotatable bonds is 6. The molecule has 2 heterocycles. The van der Waals surface area contributed by atoms with Crippen LogP contribution in [0.5, 0.6) is 0 Å². The number of anilines is 1. The lowest BCUT2D eigenvalue weighted by Crippen LogP contribution is -2.38. The summed E-state index contributed by atoms with van der Waals surface area (Å²) in [6, 6.07) is 4.07. The van der Waals surface area contributed by atoms with Gasteiger partial charge in [0.1, 0.15) is 10.4 Å². The average molecular weight is 383 g/mol. The van der Waals surface area contributed by atoms with E-state index in [4.69, 9.17) is 4.74 Å². The zero-order valence-corrected chi connectivity index (χ0v) is 15.3. The minimum absolute atomic E-state index is 0.0155. The Morgan fingerprint density at radius 1 is 1.52 bits per heavy atom. The number of piperidine rings is 1. The number of halogens is 1. The van der Waals surface area contributed by atoms with Gasteiger partial charge >= 0.3 is 0 Å². The molecule has 1 saturated carbocycles. The molecule has 6 nitrogen and oxygen atoms in total. The number of carbonyl (C=O) groups is 1. The van der Waals surface area contributed by atoms with Crippen LogP contribution in [0.25, 0.3) is 0 Å². The van der Waals surface area contributed by atoms with Gasteiger partial charge in [0.25, 0.3) is 0 Å². The number of hydrogen-bond acceptors (Lipinski definition) is 5. The molecule has 0 bridgehead atoms. The Morgan fingerprint density at radius 3 is 3.00 bits per heavy atom. The number of nitrogens with zero attached hydrogens (tertiary/aromatic N) is 2. The van der Waals surface area contributed by atoms with E-state index in [0.29, 0.717) is 23.1 Å². The van der Waals surface area contributed by atoms with Crippen molar-refractivity contribution in [3.05, 3.63) is 22.3 Å². The van der Waals surface area contributed by atoms with Crippen LogP contribution in [0, 0.1) is 5.41 Å². The summed E-state index contributed by atoms with van der Waals surface area (Å²) in [7, 11) is 5.80. The highest BCUT2D eigenvalue weighted by Crippen LogP contribution is 2.54. The van der Waals surface area contributed by atoms with Gasteiger partial charge in [-0.15, -0.1) is 0 Å². The van der Waals surface area contributed by atoms with Crippen LogP contribution in [0.4, 0.5) is 5.82 Å². The summed E-state index contributed by atoms with van der Waals surface area (Å²) in [6.45, 7) is 1.44. The van der Waals surface area contributed by atoms with Gasteiger partial charge in [-0.2, -0.15) is 0 Å². The quantitative estimate of drug-likeness (QED) is 0.731. The smallest absolute Gasteiger partial charge is 0.242 e. The second kappa shape index (κ2) is 6.47.